The summed E-state index contributed by atoms with van der Waals surface area (Å²) in [7, 11) is 0. The summed E-state index contributed by atoms with van der Waals surface area (Å²) in [6.45, 7) is 3.19. The van der Waals surface area contributed by atoms with Gasteiger partial charge in [-0.1, -0.05) is 42.0 Å². The van der Waals surface area contributed by atoms with Gasteiger partial charge in [0.25, 0.3) is 5.56 Å². The average Bonchev–Trinajstić information content (AvgIpc) is 3.35. The van der Waals surface area contributed by atoms with E-state index in [9.17, 15) is 14.4 Å². The lowest BCUT2D eigenvalue weighted by Crippen LogP contribution is -2.39. The maximum absolute atomic E-state index is 13.6. The summed E-state index contributed by atoms with van der Waals surface area (Å²) in [6, 6.07) is 21.6. The van der Waals surface area contributed by atoms with Gasteiger partial charge in [0.05, 0.1) is 22.9 Å². The maximum Gasteiger partial charge on any atom is 0.409 e. The summed E-state index contributed by atoms with van der Waals surface area (Å²) in [5.74, 6) is 0. The van der Waals surface area contributed by atoms with Crippen molar-refractivity contribution in [1.29, 1.82) is 0 Å². The Morgan fingerprint density at radius 1 is 0.974 bits per heavy atom. The number of benzene rings is 3. The molecule has 0 aliphatic rings. The third-order valence-electron chi connectivity index (χ3n) is 6.51. The van der Waals surface area contributed by atoms with Crippen LogP contribution in [0.1, 0.15) is 23.2 Å². The van der Waals surface area contributed by atoms with Crippen molar-refractivity contribution in [2.75, 3.05) is 5.32 Å². The minimum Gasteiger partial charge on any atom is -0.465 e. The average molecular weight is 510 g/mol. The van der Waals surface area contributed by atoms with E-state index in [1.165, 1.54) is 23.3 Å². The molecule has 0 spiro atoms. The molecule has 0 radical (unpaired) electrons. The Morgan fingerprint density at radius 2 is 1.71 bits per heavy atom. The number of hydrogen-bond donors (Lipinski definition) is 2. The highest BCUT2D eigenvalue weighted by molar-refractivity contribution is 5.83. The first-order valence-electron chi connectivity index (χ1n) is 12.3. The Balaban J connectivity index is 1.42. The Hall–Kier alpha value is -4.92. The molecule has 0 unspecified atom stereocenters. The summed E-state index contributed by atoms with van der Waals surface area (Å²) in [4.78, 5) is 42.1. The van der Waals surface area contributed by atoms with Crippen LogP contribution in [0.25, 0.3) is 16.6 Å². The molecule has 3 aromatic carbocycles. The number of fused-ring (bicyclic) bond motifs is 1. The first kappa shape index (κ1) is 24.8. The van der Waals surface area contributed by atoms with Crippen molar-refractivity contribution in [3.05, 3.63) is 123 Å². The van der Waals surface area contributed by atoms with E-state index in [-0.39, 0.29) is 0 Å². The van der Waals surface area contributed by atoms with Crippen molar-refractivity contribution in [2.24, 2.45) is 0 Å². The van der Waals surface area contributed by atoms with E-state index >= 15 is 0 Å². The number of para-hydroxylation sites is 1. The van der Waals surface area contributed by atoms with Gasteiger partial charge in [-0.3, -0.25) is 14.7 Å². The third kappa shape index (κ3) is 5.12. The second-order valence-electron chi connectivity index (χ2n) is 9.17. The van der Waals surface area contributed by atoms with Gasteiger partial charge >= 0.3 is 11.8 Å². The highest BCUT2D eigenvalue weighted by Crippen LogP contribution is 2.15. The molecule has 0 saturated carbocycles. The lowest BCUT2D eigenvalue weighted by molar-refractivity contribution is 0.209. The van der Waals surface area contributed by atoms with Crippen molar-refractivity contribution < 1.29 is 9.90 Å². The molecule has 2 heterocycles. The number of imidazole rings is 1. The number of anilines is 1. The highest BCUT2D eigenvalue weighted by atomic mass is 16.4. The van der Waals surface area contributed by atoms with Crippen molar-refractivity contribution in [1.82, 2.24) is 18.7 Å². The number of nitrogens with zero attached hydrogens (tertiary/aromatic N) is 4. The number of aromatic nitrogens is 4. The summed E-state index contributed by atoms with van der Waals surface area (Å²) in [5, 5.41) is 11.6. The Morgan fingerprint density at radius 3 is 2.45 bits per heavy atom. The van der Waals surface area contributed by atoms with Crippen LogP contribution >= 0.6 is 0 Å². The highest BCUT2D eigenvalue weighted by Gasteiger charge is 2.15. The van der Waals surface area contributed by atoms with Gasteiger partial charge in [0.1, 0.15) is 0 Å². The second-order valence-corrected chi connectivity index (χ2v) is 9.17. The minimum absolute atomic E-state index is 0.345. The van der Waals surface area contributed by atoms with Crippen LogP contribution in [0.5, 0.6) is 0 Å². The quantitative estimate of drug-likeness (QED) is 0.322. The van der Waals surface area contributed by atoms with Crippen LogP contribution in [0.3, 0.4) is 0 Å². The molecule has 0 aliphatic heterocycles. The van der Waals surface area contributed by atoms with E-state index in [4.69, 9.17) is 5.11 Å². The number of rotatable bonds is 8. The number of amides is 1. The van der Waals surface area contributed by atoms with E-state index < -0.39 is 17.3 Å². The summed E-state index contributed by atoms with van der Waals surface area (Å²) in [5.41, 5.74) is 3.90. The molecular weight excluding hydrogens is 482 g/mol. The number of carboxylic acid groups (broad SMARTS) is 1. The van der Waals surface area contributed by atoms with E-state index in [0.29, 0.717) is 41.7 Å². The van der Waals surface area contributed by atoms with Crippen LogP contribution < -0.4 is 16.6 Å². The van der Waals surface area contributed by atoms with Gasteiger partial charge in [-0.2, -0.15) is 0 Å². The van der Waals surface area contributed by atoms with Crippen molar-refractivity contribution in [2.45, 2.75) is 32.9 Å². The fourth-order valence-electron chi connectivity index (χ4n) is 4.59. The van der Waals surface area contributed by atoms with Gasteiger partial charge in [0, 0.05) is 30.7 Å². The van der Waals surface area contributed by atoms with Crippen LogP contribution in [0, 0.1) is 6.92 Å². The summed E-state index contributed by atoms with van der Waals surface area (Å²) in [6.07, 6.45) is 3.86. The molecule has 38 heavy (non-hydrogen) atoms. The van der Waals surface area contributed by atoms with Crippen molar-refractivity contribution in [3.8, 4) is 5.69 Å². The Bertz CT molecular complexity index is 1710. The van der Waals surface area contributed by atoms with Gasteiger partial charge < -0.3 is 9.67 Å². The minimum atomic E-state index is -1.19. The Labute approximate surface area is 218 Å². The van der Waals surface area contributed by atoms with Crippen LogP contribution in [0.4, 0.5) is 10.5 Å². The van der Waals surface area contributed by atoms with Gasteiger partial charge in [0.2, 0.25) is 0 Å². The van der Waals surface area contributed by atoms with Gasteiger partial charge in [-0.15, -0.1) is 0 Å². The maximum atomic E-state index is 13.6. The molecular formula is C29H27N5O4. The predicted molar refractivity (Wildman–Crippen MR) is 146 cm³/mol. The zero-order valence-electron chi connectivity index (χ0n) is 20.9. The molecule has 9 heteroatoms. The molecule has 5 rings (SSSR count). The molecule has 0 saturated heterocycles. The molecule has 2 aromatic heterocycles. The van der Waals surface area contributed by atoms with E-state index in [2.05, 4.69) is 46.1 Å². The van der Waals surface area contributed by atoms with Crippen LogP contribution in [-0.4, -0.2) is 29.9 Å². The van der Waals surface area contributed by atoms with Gasteiger partial charge in [-0.25, -0.2) is 19.1 Å². The Kier molecular flexibility index (Phi) is 6.90. The van der Waals surface area contributed by atoms with E-state index in [1.54, 1.807) is 34.9 Å². The third-order valence-corrected chi connectivity index (χ3v) is 6.51. The largest absolute Gasteiger partial charge is 0.465 e. The number of hydrogen-bond acceptors (Lipinski definition) is 4. The van der Waals surface area contributed by atoms with Crippen LogP contribution in [0.2, 0.25) is 0 Å². The lowest BCUT2D eigenvalue weighted by atomic mass is 10.1. The molecule has 5 aromatic rings. The zero-order chi connectivity index (χ0) is 26.6. The monoisotopic (exact) mass is 509 g/mol. The predicted octanol–water partition coefficient (Wildman–Crippen LogP) is 4.43. The smallest absolute Gasteiger partial charge is 0.409 e. The van der Waals surface area contributed by atoms with Gasteiger partial charge in [-0.05, 0) is 61.7 Å². The normalized spacial score (nSPS) is 11.1. The zero-order valence-corrected chi connectivity index (χ0v) is 20.9. The molecule has 0 fully saturated rings. The number of aryl methyl sites for hydroxylation is 3. The van der Waals surface area contributed by atoms with Gasteiger partial charge in [0.15, 0.2) is 0 Å². The second kappa shape index (κ2) is 10.6. The number of carbonyl (C=O) groups is 1. The molecule has 1 amide bonds. The van der Waals surface area contributed by atoms with Crippen LogP contribution in [0.15, 0.2) is 94.9 Å². The lowest BCUT2D eigenvalue weighted by Gasteiger charge is -2.15. The fraction of sp³-hybridized carbons (Fsp3) is 0.172. The molecule has 0 atom stereocenters. The summed E-state index contributed by atoms with van der Waals surface area (Å²) >= 11 is 0. The fourth-order valence-corrected chi connectivity index (χ4v) is 4.59. The van der Waals surface area contributed by atoms with Crippen molar-refractivity contribution >= 4 is 22.7 Å². The standard InChI is InChI=1S/C29H27N5O4/c1-20-8-10-21(11-9-20)18-32-19-30-17-24(32)5-4-16-33-26-7-3-2-6-25(26)27(35)34(29(33)38)23-14-12-22(13-15-23)31-28(36)37/h2-3,6-15,17,19,31H,4-5,16,18H2,1H3,(H,36,37). The molecule has 9 nitrogen and oxygen atoms in total. The first-order chi connectivity index (χ1) is 18.4. The molecule has 0 aliphatic carbocycles. The molecule has 2 N–H and O–H groups in total. The van der Waals surface area contributed by atoms with Crippen LogP contribution in [-0.2, 0) is 19.5 Å². The van der Waals surface area contributed by atoms with E-state index in [1.807, 2.05) is 18.6 Å². The van der Waals surface area contributed by atoms with E-state index in [0.717, 1.165) is 16.8 Å². The molecule has 192 valence electrons. The van der Waals surface area contributed by atoms with Crippen molar-refractivity contribution in [3.63, 3.8) is 0 Å². The number of nitrogens with one attached hydrogen (secondary N) is 1. The first-order valence-corrected chi connectivity index (χ1v) is 12.3. The topological polar surface area (TPSA) is 111 Å². The SMILES string of the molecule is Cc1ccc(Cn2cncc2CCCn2c(=O)n(-c3ccc(NC(=O)O)cc3)c(=O)c3ccccc32)cc1. The summed E-state index contributed by atoms with van der Waals surface area (Å²) < 4.78 is 4.87. The molecule has 0 bridgehead atoms.